The van der Waals surface area contributed by atoms with Gasteiger partial charge in [0, 0.05) is 26.9 Å². The highest BCUT2D eigenvalue weighted by Gasteiger charge is 2.16. The van der Waals surface area contributed by atoms with Crippen LogP contribution in [0.3, 0.4) is 0 Å². The van der Waals surface area contributed by atoms with E-state index in [0.717, 1.165) is 27.0 Å². The smallest absolute Gasteiger partial charge is 0.149 e. The van der Waals surface area contributed by atoms with E-state index in [2.05, 4.69) is 32.3 Å². The summed E-state index contributed by atoms with van der Waals surface area (Å²) in [6, 6.07) is 25.0. The molecule has 29 heavy (non-hydrogen) atoms. The number of aromatic nitrogens is 2. The van der Waals surface area contributed by atoms with E-state index in [-0.39, 0.29) is 0 Å². The standard InChI is InChI=1S/C23H14BrClN4/c24-16-6-4-15(5-7-16)19-13-22(21-3-1-2-12-27-21)29-23(20(19)14-26)28-18-10-8-17(25)9-11-18/h1-13H,(H,28,29). The predicted octanol–water partition coefficient (Wildman–Crippen LogP) is 6.84. The first kappa shape index (κ1) is 19.1. The Kier molecular flexibility index (Phi) is 5.57. The Balaban J connectivity index is 1.90. The van der Waals surface area contributed by atoms with E-state index < -0.39 is 0 Å². The summed E-state index contributed by atoms with van der Waals surface area (Å²) in [5.74, 6) is 0.468. The predicted molar refractivity (Wildman–Crippen MR) is 120 cm³/mol. The van der Waals surface area contributed by atoms with Crippen molar-refractivity contribution in [3.05, 3.63) is 94.1 Å². The lowest BCUT2D eigenvalue weighted by Crippen LogP contribution is -2.01. The molecule has 2 heterocycles. The average molecular weight is 462 g/mol. The lowest BCUT2D eigenvalue weighted by Gasteiger charge is -2.14. The zero-order valence-corrected chi connectivity index (χ0v) is 17.4. The Bertz CT molecular complexity index is 1180. The third kappa shape index (κ3) is 4.29. The Morgan fingerprint density at radius 1 is 0.931 bits per heavy atom. The van der Waals surface area contributed by atoms with Crippen molar-refractivity contribution >= 4 is 39.0 Å². The van der Waals surface area contributed by atoms with Gasteiger partial charge in [-0.3, -0.25) is 4.98 Å². The van der Waals surface area contributed by atoms with Crippen LogP contribution in [0, 0.1) is 11.3 Å². The van der Waals surface area contributed by atoms with Crippen LogP contribution in [0.5, 0.6) is 0 Å². The highest BCUT2D eigenvalue weighted by molar-refractivity contribution is 9.10. The van der Waals surface area contributed by atoms with Gasteiger partial charge in [-0.1, -0.05) is 45.7 Å². The van der Waals surface area contributed by atoms with Crippen LogP contribution in [-0.2, 0) is 0 Å². The normalized spacial score (nSPS) is 10.4. The van der Waals surface area contributed by atoms with Crippen LogP contribution in [0.1, 0.15) is 5.56 Å². The Labute approximate surface area is 182 Å². The molecule has 0 aliphatic heterocycles. The molecule has 0 amide bonds. The van der Waals surface area contributed by atoms with Gasteiger partial charge in [-0.15, -0.1) is 0 Å². The molecule has 0 bridgehead atoms. The minimum Gasteiger partial charge on any atom is -0.339 e. The van der Waals surface area contributed by atoms with Crippen molar-refractivity contribution in [2.45, 2.75) is 0 Å². The number of nitrogens with zero attached hydrogens (tertiary/aromatic N) is 3. The topological polar surface area (TPSA) is 61.6 Å². The second kappa shape index (κ2) is 8.44. The van der Waals surface area contributed by atoms with Gasteiger partial charge in [-0.25, -0.2) is 4.98 Å². The molecule has 4 nitrogen and oxygen atoms in total. The fourth-order valence-corrected chi connectivity index (χ4v) is 3.31. The molecular formula is C23H14BrClN4. The largest absolute Gasteiger partial charge is 0.339 e. The maximum absolute atomic E-state index is 9.92. The van der Waals surface area contributed by atoms with E-state index in [0.29, 0.717) is 22.1 Å². The van der Waals surface area contributed by atoms with Gasteiger partial charge in [-0.2, -0.15) is 5.26 Å². The number of halogens is 2. The minimum atomic E-state index is 0.460. The number of nitrogens with one attached hydrogen (secondary N) is 1. The Morgan fingerprint density at radius 3 is 2.34 bits per heavy atom. The molecule has 6 heteroatoms. The number of hydrogen-bond donors (Lipinski definition) is 1. The zero-order chi connectivity index (χ0) is 20.2. The van der Waals surface area contributed by atoms with Crippen molar-refractivity contribution < 1.29 is 0 Å². The summed E-state index contributed by atoms with van der Waals surface area (Å²) in [6.45, 7) is 0. The molecule has 0 saturated carbocycles. The third-order valence-electron chi connectivity index (χ3n) is 4.32. The van der Waals surface area contributed by atoms with Crippen LogP contribution in [0.15, 0.2) is 83.5 Å². The van der Waals surface area contributed by atoms with Gasteiger partial charge in [0.1, 0.15) is 17.5 Å². The van der Waals surface area contributed by atoms with Crippen molar-refractivity contribution in [1.82, 2.24) is 9.97 Å². The van der Waals surface area contributed by atoms with Gasteiger partial charge in [-0.05, 0) is 60.2 Å². The molecule has 0 spiro atoms. The highest BCUT2D eigenvalue weighted by Crippen LogP contribution is 2.33. The number of rotatable bonds is 4. The third-order valence-corrected chi connectivity index (χ3v) is 5.10. The molecule has 0 fully saturated rings. The van der Waals surface area contributed by atoms with Gasteiger partial charge in [0.2, 0.25) is 0 Å². The second-order valence-electron chi connectivity index (χ2n) is 6.24. The summed E-state index contributed by atoms with van der Waals surface area (Å²) < 4.78 is 0.971. The lowest BCUT2D eigenvalue weighted by atomic mass is 9.99. The van der Waals surface area contributed by atoms with E-state index >= 15 is 0 Å². The van der Waals surface area contributed by atoms with Crippen molar-refractivity contribution in [3.8, 4) is 28.6 Å². The van der Waals surface area contributed by atoms with Gasteiger partial charge < -0.3 is 5.32 Å². The molecule has 2 aromatic carbocycles. The van der Waals surface area contributed by atoms with Crippen molar-refractivity contribution in [2.75, 3.05) is 5.32 Å². The van der Waals surface area contributed by atoms with Gasteiger partial charge in [0.15, 0.2) is 0 Å². The van der Waals surface area contributed by atoms with Crippen LogP contribution in [0.25, 0.3) is 22.5 Å². The Morgan fingerprint density at radius 2 is 1.69 bits per heavy atom. The van der Waals surface area contributed by atoms with Gasteiger partial charge >= 0.3 is 0 Å². The number of anilines is 2. The first-order valence-electron chi connectivity index (χ1n) is 8.79. The van der Waals surface area contributed by atoms with Gasteiger partial charge in [0.05, 0.1) is 11.4 Å². The van der Waals surface area contributed by atoms with Crippen molar-refractivity contribution in [1.29, 1.82) is 5.26 Å². The molecule has 0 unspecified atom stereocenters. The SMILES string of the molecule is N#Cc1c(-c2ccc(Br)cc2)cc(-c2ccccn2)nc1Nc1ccc(Cl)cc1. The molecule has 2 aromatic heterocycles. The Hall–Kier alpha value is -3.20. The van der Waals surface area contributed by atoms with Crippen LogP contribution in [-0.4, -0.2) is 9.97 Å². The number of benzene rings is 2. The second-order valence-corrected chi connectivity index (χ2v) is 7.60. The van der Waals surface area contributed by atoms with Crippen LogP contribution in [0.2, 0.25) is 5.02 Å². The number of nitriles is 1. The van der Waals surface area contributed by atoms with E-state index in [1.807, 2.05) is 60.7 Å². The fourth-order valence-electron chi connectivity index (χ4n) is 2.92. The van der Waals surface area contributed by atoms with Crippen LogP contribution in [0.4, 0.5) is 11.5 Å². The first-order chi connectivity index (χ1) is 14.1. The summed E-state index contributed by atoms with van der Waals surface area (Å²) in [5, 5.41) is 13.8. The highest BCUT2D eigenvalue weighted by atomic mass is 79.9. The molecule has 0 radical (unpaired) electrons. The number of hydrogen-bond acceptors (Lipinski definition) is 4. The summed E-state index contributed by atoms with van der Waals surface area (Å²) in [6.07, 6.45) is 1.72. The summed E-state index contributed by atoms with van der Waals surface area (Å²) in [4.78, 5) is 9.11. The molecule has 0 aliphatic rings. The van der Waals surface area contributed by atoms with Gasteiger partial charge in [0.25, 0.3) is 0 Å². The van der Waals surface area contributed by atoms with E-state index in [9.17, 15) is 5.26 Å². The maximum atomic E-state index is 9.92. The monoisotopic (exact) mass is 460 g/mol. The molecule has 4 aromatic rings. The maximum Gasteiger partial charge on any atom is 0.149 e. The van der Waals surface area contributed by atoms with Crippen molar-refractivity contribution in [3.63, 3.8) is 0 Å². The van der Waals surface area contributed by atoms with E-state index in [1.54, 1.807) is 18.3 Å². The molecular weight excluding hydrogens is 448 g/mol. The van der Waals surface area contributed by atoms with E-state index in [4.69, 9.17) is 16.6 Å². The first-order valence-corrected chi connectivity index (χ1v) is 9.96. The number of pyridine rings is 2. The molecule has 1 N–H and O–H groups in total. The quantitative estimate of drug-likeness (QED) is 0.361. The zero-order valence-electron chi connectivity index (χ0n) is 15.1. The fraction of sp³-hybridized carbons (Fsp3) is 0. The molecule has 140 valence electrons. The summed E-state index contributed by atoms with van der Waals surface area (Å²) >= 11 is 9.45. The van der Waals surface area contributed by atoms with E-state index in [1.165, 1.54) is 0 Å². The lowest BCUT2D eigenvalue weighted by molar-refractivity contribution is 1.23. The summed E-state index contributed by atoms with van der Waals surface area (Å²) in [5.41, 5.74) is 4.37. The van der Waals surface area contributed by atoms with Crippen LogP contribution < -0.4 is 5.32 Å². The van der Waals surface area contributed by atoms with Crippen LogP contribution >= 0.6 is 27.5 Å². The molecule has 0 saturated heterocycles. The molecule has 0 aliphatic carbocycles. The summed E-state index contributed by atoms with van der Waals surface area (Å²) in [7, 11) is 0. The molecule has 0 atom stereocenters. The molecule has 4 rings (SSSR count). The average Bonchev–Trinajstić information content (AvgIpc) is 2.76. The minimum absolute atomic E-state index is 0.460. The van der Waals surface area contributed by atoms with Crippen molar-refractivity contribution in [2.24, 2.45) is 0 Å².